The van der Waals surface area contributed by atoms with Gasteiger partial charge in [0.1, 0.15) is 29.6 Å². The molecule has 0 radical (unpaired) electrons. The van der Waals surface area contributed by atoms with Crippen LogP contribution in [0.4, 0.5) is 5.69 Å². The zero-order valence-corrected chi connectivity index (χ0v) is 14.3. The summed E-state index contributed by atoms with van der Waals surface area (Å²) in [6.07, 6.45) is 0. The molecule has 0 aromatic heterocycles. The third-order valence-corrected chi connectivity index (χ3v) is 3.77. The van der Waals surface area contributed by atoms with Gasteiger partial charge in [0, 0.05) is 17.8 Å². The average molecular weight is 349 g/mol. The summed E-state index contributed by atoms with van der Waals surface area (Å²) in [6, 6.07) is 19.4. The highest BCUT2D eigenvalue weighted by molar-refractivity contribution is 5.96. The first-order valence-corrected chi connectivity index (χ1v) is 8.10. The Bertz CT molecular complexity index is 920. The van der Waals surface area contributed by atoms with E-state index in [1.54, 1.807) is 24.3 Å². The number of carbonyl (C=O) groups excluding carboxylic acids is 1. The number of hydrogen-bond donors (Lipinski definition) is 2. The van der Waals surface area contributed by atoms with Gasteiger partial charge in [0.15, 0.2) is 5.78 Å². The molecule has 0 saturated heterocycles. The lowest BCUT2D eigenvalue weighted by Crippen LogP contribution is -1.97. The number of Topliss-reactive ketones (excluding diaryl/α,β-unsaturated/α-hetero) is 1. The SMILES string of the molecule is CC(=O)c1ccc(OCc2ccc(Oc3cccc(N)c3)cc2)cc1O. The van der Waals surface area contributed by atoms with Gasteiger partial charge in [-0.05, 0) is 48.9 Å². The standard InChI is InChI=1S/C21H19NO4/c1-14(23)20-10-9-18(12-21(20)24)25-13-15-5-7-17(8-6-15)26-19-4-2-3-16(22)11-19/h2-12,24H,13,22H2,1H3. The maximum atomic E-state index is 11.3. The molecular weight excluding hydrogens is 330 g/mol. The van der Waals surface area contributed by atoms with Crippen molar-refractivity contribution in [3.05, 3.63) is 77.9 Å². The molecule has 0 saturated carbocycles. The van der Waals surface area contributed by atoms with E-state index >= 15 is 0 Å². The van der Waals surface area contributed by atoms with Crippen LogP contribution in [-0.4, -0.2) is 10.9 Å². The van der Waals surface area contributed by atoms with Crippen LogP contribution in [0.2, 0.25) is 0 Å². The Morgan fingerprint density at radius 3 is 2.35 bits per heavy atom. The minimum Gasteiger partial charge on any atom is -0.507 e. The molecule has 0 bridgehead atoms. The van der Waals surface area contributed by atoms with Crippen LogP contribution in [0.1, 0.15) is 22.8 Å². The fraction of sp³-hybridized carbons (Fsp3) is 0.0952. The van der Waals surface area contributed by atoms with Crippen LogP contribution in [0.15, 0.2) is 66.7 Å². The predicted molar refractivity (Wildman–Crippen MR) is 99.8 cm³/mol. The highest BCUT2D eigenvalue weighted by Gasteiger charge is 2.07. The van der Waals surface area contributed by atoms with Crippen molar-refractivity contribution in [1.82, 2.24) is 0 Å². The molecule has 0 aliphatic rings. The van der Waals surface area contributed by atoms with Crippen LogP contribution in [0.3, 0.4) is 0 Å². The molecule has 0 amide bonds. The quantitative estimate of drug-likeness (QED) is 0.504. The van der Waals surface area contributed by atoms with Gasteiger partial charge in [-0.2, -0.15) is 0 Å². The third kappa shape index (κ3) is 4.33. The van der Waals surface area contributed by atoms with E-state index in [0.29, 0.717) is 29.5 Å². The molecule has 0 unspecified atom stereocenters. The number of rotatable bonds is 6. The topological polar surface area (TPSA) is 81.8 Å². The molecule has 132 valence electrons. The summed E-state index contributed by atoms with van der Waals surface area (Å²) in [6.45, 7) is 1.74. The largest absolute Gasteiger partial charge is 0.507 e. The molecule has 3 aromatic rings. The number of ether oxygens (including phenoxy) is 2. The molecular formula is C21H19NO4. The van der Waals surface area contributed by atoms with Crippen LogP contribution in [0.25, 0.3) is 0 Å². The Hall–Kier alpha value is -3.47. The summed E-state index contributed by atoms with van der Waals surface area (Å²) in [7, 11) is 0. The Kier molecular flexibility index (Phi) is 5.08. The molecule has 3 aromatic carbocycles. The molecule has 5 nitrogen and oxygen atoms in total. The second-order valence-electron chi connectivity index (χ2n) is 5.84. The van der Waals surface area contributed by atoms with Crippen molar-refractivity contribution in [1.29, 1.82) is 0 Å². The van der Waals surface area contributed by atoms with E-state index in [1.807, 2.05) is 36.4 Å². The number of phenolic OH excluding ortho intramolecular Hbond substituents is 1. The highest BCUT2D eigenvalue weighted by Crippen LogP contribution is 2.26. The summed E-state index contributed by atoms with van der Waals surface area (Å²) < 4.78 is 11.4. The van der Waals surface area contributed by atoms with Crippen molar-refractivity contribution in [2.75, 3.05) is 5.73 Å². The van der Waals surface area contributed by atoms with Crippen LogP contribution >= 0.6 is 0 Å². The first kappa shape index (κ1) is 17.4. The number of carbonyl (C=O) groups is 1. The number of phenols is 1. The van der Waals surface area contributed by atoms with Gasteiger partial charge in [-0.25, -0.2) is 0 Å². The lowest BCUT2D eigenvalue weighted by Gasteiger charge is -2.10. The number of hydrogen-bond acceptors (Lipinski definition) is 5. The fourth-order valence-corrected chi connectivity index (χ4v) is 2.43. The number of benzene rings is 3. The fourth-order valence-electron chi connectivity index (χ4n) is 2.43. The van der Waals surface area contributed by atoms with E-state index in [0.717, 1.165) is 5.56 Å². The van der Waals surface area contributed by atoms with Crippen molar-refractivity contribution >= 4 is 11.5 Å². The number of ketones is 1. The van der Waals surface area contributed by atoms with E-state index in [-0.39, 0.29) is 17.1 Å². The lowest BCUT2D eigenvalue weighted by molar-refractivity contribution is 0.101. The molecule has 0 fully saturated rings. The van der Waals surface area contributed by atoms with Gasteiger partial charge < -0.3 is 20.3 Å². The minimum atomic E-state index is -0.190. The highest BCUT2D eigenvalue weighted by atomic mass is 16.5. The van der Waals surface area contributed by atoms with E-state index in [9.17, 15) is 9.90 Å². The maximum absolute atomic E-state index is 11.3. The van der Waals surface area contributed by atoms with Gasteiger partial charge in [-0.3, -0.25) is 4.79 Å². The average Bonchev–Trinajstić information content (AvgIpc) is 2.61. The number of nitrogens with two attached hydrogens (primary N) is 1. The number of anilines is 1. The van der Waals surface area contributed by atoms with E-state index < -0.39 is 0 Å². The van der Waals surface area contributed by atoms with Crippen molar-refractivity contribution < 1.29 is 19.4 Å². The predicted octanol–water partition coefficient (Wildman–Crippen LogP) is 4.55. The molecule has 3 N–H and O–H groups in total. The van der Waals surface area contributed by atoms with E-state index in [2.05, 4.69) is 0 Å². The summed E-state index contributed by atoms with van der Waals surface area (Å²) in [5, 5.41) is 9.83. The second kappa shape index (κ2) is 7.61. The molecule has 0 heterocycles. The summed E-state index contributed by atoms with van der Waals surface area (Å²) in [4.78, 5) is 11.3. The zero-order valence-electron chi connectivity index (χ0n) is 14.3. The van der Waals surface area contributed by atoms with Gasteiger partial charge in [0.2, 0.25) is 0 Å². The van der Waals surface area contributed by atoms with Gasteiger partial charge in [0.05, 0.1) is 5.56 Å². The molecule has 3 rings (SSSR count). The van der Waals surface area contributed by atoms with Crippen LogP contribution in [0.5, 0.6) is 23.0 Å². The van der Waals surface area contributed by atoms with Gasteiger partial charge in [0.25, 0.3) is 0 Å². The lowest BCUT2D eigenvalue weighted by atomic mass is 10.1. The molecule has 0 aliphatic heterocycles. The second-order valence-corrected chi connectivity index (χ2v) is 5.84. The van der Waals surface area contributed by atoms with Crippen molar-refractivity contribution in [2.24, 2.45) is 0 Å². The van der Waals surface area contributed by atoms with Crippen molar-refractivity contribution in [2.45, 2.75) is 13.5 Å². The van der Waals surface area contributed by atoms with E-state index in [4.69, 9.17) is 15.2 Å². The molecule has 0 atom stereocenters. The van der Waals surface area contributed by atoms with Crippen LogP contribution < -0.4 is 15.2 Å². The summed E-state index contributed by atoms with van der Waals surface area (Å²) in [5.74, 6) is 1.59. The first-order chi connectivity index (χ1) is 12.5. The number of aromatic hydroxyl groups is 1. The maximum Gasteiger partial charge on any atom is 0.163 e. The molecule has 0 spiro atoms. The first-order valence-electron chi connectivity index (χ1n) is 8.10. The van der Waals surface area contributed by atoms with Crippen LogP contribution in [0, 0.1) is 0 Å². The van der Waals surface area contributed by atoms with Crippen molar-refractivity contribution in [3.8, 4) is 23.0 Å². The van der Waals surface area contributed by atoms with Gasteiger partial charge in [-0.15, -0.1) is 0 Å². The number of nitrogen functional groups attached to an aromatic ring is 1. The Labute approximate surface area is 151 Å². The Morgan fingerprint density at radius 1 is 0.962 bits per heavy atom. The van der Waals surface area contributed by atoms with Crippen molar-refractivity contribution in [3.63, 3.8) is 0 Å². The van der Waals surface area contributed by atoms with E-state index in [1.165, 1.54) is 13.0 Å². The van der Waals surface area contributed by atoms with Crippen LogP contribution in [-0.2, 0) is 6.61 Å². The third-order valence-electron chi connectivity index (χ3n) is 3.77. The Balaban J connectivity index is 1.61. The van der Waals surface area contributed by atoms with Gasteiger partial charge >= 0.3 is 0 Å². The summed E-state index contributed by atoms with van der Waals surface area (Å²) >= 11 is 0. The summed E-state index contributed by atoms with van der Waals surface area (Å²) in [5.41, 5.74) is 7.60. The molecule has 5 heteroatoms. The zero-order chi connectivity index (χ0) is 18.5. The molecule has 26 heavy (non-hydrogen) atoms. The normalized spacial score (nSPS) is 10.3. The Morgan fingerprint density at radius 2 is 1.69 bits per heavy atom. The monoisotopic (exact) mass is 349 g/mol. The minimum absolute atomic E-state index is 0.0825. The smallest absolute Gasteiger partial charge is 0.163 e. The van der Waals surface area contributed by atoms with Gasteiger partial charge in [-0.1, -0.05) is 18.2 Å². The molecule has 0 aliphatic carbocycles.